The van der Waals surface area contributed by atoms with Crippen LogP contribution in [0.4, 0.5) is 4.79 Å². The van der Waals surface area contributed by atoms with Crippen molar-refractivity contribution in [1.29, 1.82) is 0 Å². The number of thioether (sulfide) groups is 1. The van der Waals surface area contributed by atoms with E-state index >= 15 is 0 Å². The van der Waals surface area contributed by atoms with Crippen LogP contribution in [0, 0.1) is 0 Å². The summed E-state index contributed by atoms with van der Waals surface area (Å²) in [5.74, 6) is 0. The molecule has 1 fully saturated rings. The predicted octanol–water partition coefficient (Wildman–Crippen LogP) is 0.786. The Labute approximate surface area is 67.8 Å². The van der Waals surface area contributed by atoms with Crippen molar-refractivity contribution >= 4 is 28.6 Å². The molecule has 0 aromatic rings. The van der Waals surface area contributed by atoms with Gasteiger partial charge in [0.15, 0.2) is 5.56 Å². The van der Waals surface area contributed by atoms with Gasteiger partial charge in [-0.2, -0.15) is 5.43 Å². The molecule has 0 radical (unpaired) electrons. The maximum Gasteiger partial charge on any atom is 0.300 e. The van der Waals surface area contributed by atoms with Crippen LogP contribution in [0.2, 0.25) is 0 Å². The van der Waals surface area contributed by atoms with Gasteiger partial charge in [0.2, 0.25) is 0 Å². The lowest BCUT2D eigenvalue weighted by Crippen LogP contribution is -2.36. The second-order valence-electron chi connectivity index (χ2n) is 1.63. The minimum Gasteiger partial charge on any atom is -0.355 e. The summed E-state index contributed by atoms with van der Waals surface area (Å²) in [4.78, 5) is 10.8. The van der Waals surface area contributed by atoms with Crippen LogP contribution in [-0.2, 0) is 4.74 Å². The Hall–Kier alpha value is 0.0300. The number of nitrogens with zero attached hydrogens (tertiary/aromatic N) is 1. The Morgan fingerprint density at radius 1 is 2.00 bits per heavy atom. The maximum atomic E-state index is 10.8. The van der Waals surface area contributed by atoms with Crippen molar-refractivity contribution < 1.29 is 9.53 Å². The molecular formula is C4H7ClN2O2S. The first-order valence-electron chi connectivity index (χ1n) is 2.61. The van der Waals surface area contributed by atoms with Crippen LogP contribution >= 0.6 is 23.4 Å². The third kappa shape index (κ3) is 1.54. The summed E-state index contributed by atoms with van der Waals surface area (Å²) in [5, 5.41) is 1.18. The molecule has 0 spiro atoms. The van der Waals surface area contributed by atoms with Gasteiger partial charge < -0.3 is 4.74 Å². The quantitative estimate of drug-likeness (QED) is 0.507. The molecule has 58 valence electrons. The van der Waals surface area contributed by atoms with Crippen LogP contribution in [-0.4, -0.2) is 28.9 Å². The average molecular weight is 183 g/mol. The minimum absolute atomic E-state index is 0.109. The SMILES string of the molecule is COC1NN(CCl)C(=O)S1. The molecule has 1 unspecified atom stereocenters. The molecule has 1 atom stereocenters. The number of halogens is 1. The zero-order valence-electron chi connectivity index (χ0n) is 5.33. The Kier molecular flexibility index (Phi) is 2.79. The summed E-state index contributed by atoms with van der Waals surface area (Å²) in [6.45, 7) is 0. The average Bonchev–Trinajstić information content (AvgIpc) is 2.30. The fraction of sp³-hybridized carbons (Fsp3) is 0.750. The topological polar surface area (TPSA) is 41.6 Å². The minimum atomic E-state index is -0.286. The number of nitrogens with one attached hydrogen (secondary N) is 1. The van der Waals surface area contributed by atoms with Crippen LogP contribution in [0.1, 0.15) is 0 Å². The molecule has 1 heterocycles. The standard InChI is InChI=1S/C4H7ClN2O2S/c1-9-3-6-7(2-5)4(8)10-3/h3,6H,2H2,1H3. The van der Waals surface area contributed by atoms with Gasteiger partial charge in [-0.25, -0.2) is 0 Å². The van der Waals surface area contributed by atoms with Gasteiger partial charge in [-0.3, -0.25) is 9.80 Å². The number of rotatable bonds is 2. The van der Waals surface area contributed by atoms with Crippen molar-refractivity contribution in [3.8, 4) is 0 Å². The van der Waals surface area contributed by atoms with E-state index in [1.807, 2.05) is 0 Å². The monoisotopic (exact) mass is 182 g/mol. The molecule has 10 heavy (non-hydrogen) atoms. The number of amides is 1. The third-order valence-electron chi connectivity index (χ3n) is 1.02. The van der Waals surface area contributed by atoms with E-state index in [4.69, 9.17) is 16.3 Å². The number of methoxy groups -OCH3 is 1. The van der Waals surface area contributed by atoms with E-state index in [-0.39, 0.29) is 16.8 Å². The molecule has 0 aromatic heterocycles. The van der Waals surface area contributed by atoms with Gasteiger partial charge in [-0.1, -0.05) is 0 Å². The Morgan fingerprint density at radius 3 is 3.00 bits per heavy atom. The highest BCUT2D eigenvalue weighted by Gasteiger charge is 2.28. The number of carbonyl (C=O) groups is 1. The molecule has 0 aliphatic carbocycles. The van der Waals surface area contributed by atoms with E-state index in [0.29, 0.717) is 0 Å². The van der Waals surface area contributed by atoms with E-state index < -0.39 is 0 Å². The van der Waals surface area contributed by atoms with Crippen LogP contribution in [0.3, 0.4) is 0 Å². The van der Waals surface area contributed by atoms with Crippen LogP contribution in [0.25, 0.3) is 0 Å². The Morgan fingerprint density at radius 2 is 2.70 bits per heavy atom. The lowest BCUT2D eigenvalue weighted by atomic mass is 11.1. The number of hydrazine groups is 1. The summed E-state index contributed by atoms with van der Waals surface area (Å²) < 4.78 is 4.84. The molecule has 1 saturated heterocycles. The normalized spacial score (nSPS) is 26.0. The summed E-state index contributed by atoms with van der Waals surface area (Å²) in [6, 6.07) is 0.145. The fourth-order valence-electron chi connectivity index (χ4n) is 0.546. The molecule has 0 saturated carbocycles. The molecule has 1 amide bonds. The van der Waals surface area contributed by atoms with Crippen molar-refractivity contribution in [1.82, 2.24) is 10.4 Å². The third-order valence-corrected chi connectivity index (χ3v) is 2.20. The highest BCUT2D eigenvalue weighted by Crippen LogP contribution is 2.21. The smallest absolute Gasteiger partial charge is 0.300 e. The van der Waals surface area contributed by atoms with Gasteiger partial charge in [0, 0.05) is 7.11 Å². The first-order valence-corrected chi connectivity index (χ1v) is 4.02. The first kappa shape index (κ1) is 8.13. The van der Waals surface area contributed by atoms with E-state index in [9.17, 15) is 4.79 Å². The molecule has 1 aliphatic heterocycles. The largest absolute Gasteiger partial charge is 0.355 e. The molecule has 0 bridgehead atoms. The van der Waals surface area contributed by atoms with Crippen LogP contribution in [0.5, 0.6) is 0 Å². The predicted molar refractivity (Wildman–Crippen MR) is 39.5 cm³/mol. The number of carbonyl (C=O) groups excluding carboxylic acids is 1. The molecular weight excluding hydrogens is 176 g/mol. The zero-order chi connectivity index (χ0) is 7.56. The number of ether oxygens (including phenoxy) is 1. The first-order chi connectivity index (χ1) is 4.77. The zero-order valence-corrected chi connectivity index (χ0v) is 6.91. The number of alkyl halides is 1. The molecule has 6 heteroatoms. The van der Waals surface area contributed by atoms with Crippen molar-refractivity contribution in [3.05, 3.63) is 0 Å². The van der Waals surface area contributed by atoms with Gasteiger partial charge in [-0.15, -0.1) is 11.6 Å². The second-order valence-corrected chi connectivity index (χ2v) is 2.88. The van der Waals surface area contributed by atoms with Crippen LogP contribution in [0.15, 0.2) is 0 Å². The van der Waals surface area contributed by atoms with Crippen LogP contribution < -0.4 is 5.43 Å². The van der Waals surface area contributed by atoms with Gasteiger partial charge in [-0.05, 0) is 11.8 Å². The van der Waals surface area contributed by atoms with Crippen molar-refractivity contribution in [2.45, 2.75) is 5.56 Å². The highest BCUT2D eigenvalue weighted by atomic mass is 35.5. The second kappa shape index (κ2) is 3.43. The van der Waals surface area contributed by atoms with E-state index in [1.165, 1.54) is 12.1 Å². The van der Waals surface area contributed by atoms with Crippen molar-refractivity contribution in [2.24, 2.45) is 0 Å². The molecule has 0 aromatic carbocycles. The maximum absolute atomic E-state index is 10.8. The van der Waals surface area contributed by atoms with Crippen molar-refractivity contribution in [2.75, 3.05) is 13.1 Å². The number of hydrogen-bond donors (Lipinski definition) is 1. The summed E-state index contributed by atoms with van der Waals surface area (Å²) >= 11 is 6.47. The van der Waals surface area contributed by atoms with E-state index in [1.54, 1.807) is 0 Å². The van der Waals surface area contributed by atoms with Gasteiger partial charge in [0.25, 0.3) is 0 Å². The number of hydrogen-bond acceptors (Lipinski definition) is 4. The van der Waals surface area contributed by atoms with E-state index in [2.05, 4.69) is 5.43 Å². The van der Waals surface area contributed by atoms with Gasteiger partial charge in [0.1, 0.15) is 6.00 Å². The lowest BCUT2D eigenvalue weighted by Gasteiger charge is -2.10. The lowest BCUT2D eigenvalue weighted by molar-refractivity contribution is 0.100. The Balaban J connectivity index is 2.44. The summed E-state index contributed by atoms with van der Waals surface area (Å²) in [5.41, 5.74) is 2.45. The molecule has 1 aliphatic rings. The summed E-state index contributed by atoms with van der Waals surface area (Å²) in [6.07, 6.45) is 0. The fourth-order valence-corrected chi connectivity index (χ4v) is 1.50. The van der Waals surface area contributed by atoms with Gasteiger partial charge >= 0.3 is 5.24 Å². The van der Waals surface area contributed by atoms with E-state index in [0.717, 1.165) is 11.8 Å². The highest BCUT2D eigenvalue weighted by molar-refractivity contribution is 8.14. The Bertz CT molecular complexity index is 145. The summed E-state index contributed by atoms with van der Waals surface area (Å²) in [7, 11) is 1.52. The molecule has 1 rings (SSSR count). The van der Waals surface area contributed by atoms with Gasteiger partial charge in [0.05, 0.1) is 0 Å². The molecule has 4 nitrogen and oxygen atoms in total. The molecule has 1 N–H and O–H groups in total. The van der Waals surface area contributed by atoms with Crippen molar-refractivity contribution in [3.63, 3.8) is 0 Å².